The fourth-order valence-corrected chi connectivity index (χ4v) is 2.23. The molecule has 0 aliphatic rings. The van der Waals surface area contributed by atoms with Crippen molar-refractivity contribution < 1.29 is 13.2 Å². The molecule has 0 spiro atoms. The van der Waals surface area contributed by atoms with E-state index in [-0.39, 0.29) is 12.5 Å². The Morgan fingerprint density at radius 1 is 1.39 bits per heavy atom. The molecule has 18 heavy (non-hydrogen) atoms. The van der Waals surface area contributed by atoms with Gasteiger partial charge in [-0.2, -0.15) is 13.2 Å². The molecule has 0 radical (unpaired) electrons. The van der Waals surface area contributed by atoms with E-state index < -0.39 is 12.6 Å². The maximum atomic E-state index is 12.1. The van der Waals surface area contributed by atoms with Gasteiger partial charge >= 0.3 is 6.18 Å². The van der Waals surface area contributed by atoms with Gasteiger partial charge < -0.3 is 5.32 Å². The van der Waals surface area contributed by atoms with Gasteiger partial charge in [0, 0.05) is 16.9 Å². The number of alkyl halides is 3. The van der Waals surface area contributed by atoms with Gasteiger partial charge in [-0.25, -0.2) is 0 Å². The molecule has 0 heterocycles. The second-order valence-electron chi connectivity index (χ2n) is 4.02. The summed E-state index contributed by atoms with van der Waals surface area (Å²) in [4.78, 5) is 0. The van der Waals surface area contributed by atoms with Crippen LogP contribution in [0.4, 0.5) is 13.2 Å². The van der Waals surface area contributed by atoms with Crippen LogP contribution >= 0.6 is 27.5 Å². The Morgan fingerprint density at radius 2 is 2.06 bits per heavy atom. The summed E-state index contributed by atoms with van der Waals surface area (Å²) in [6, 6.07) is 5.29. The third-order valence-electron chi connectivity index (χ3n) is 2.65. The number of benzene rings is 1. The van der Waals surface area contributed by atoms with Gasteiger partial charge in [-0.15, -0.1) is 0 Å². The fraction of sp³-hybridized carbons (Fsp3) is 0.500. The molecular weight excluding hydrogens is 330 g/mol. The summed E-state index contributed by atoms with van der Waals surface area (Å²) in [6.07, 6.45) is -4.29. The van der Waals surface area contributed by atoms with Gasteiger partial charge in [-0.1, -0.05) is 17.7 Å². The van der Waals surface area contributed by atoms with Crippen LogP contribution in [0.1, 0.15) is 30.9 Å². The van der Waals surface area contributed by atoms with E-state index in [2.05, 4.69) is 21.2 Å². The lowest BCUT2D eigenvalue weighted by Gasteiger charge is -2.17. The Labute approximate surface area is 118 Å². The molecule has 0 amide bonds. The molecule has 102 valence electrons. The normalized spacial score (nSPS) is 13.7. The van der Waals surface area contributed by atoms with Crippen molar-refractivity contribution in [3.8, 4) is 0 Å². The third-order valence-corrected chi connectivity index (χ3v) is 3.86. The zero-order valence-electron chi connectivity index (χ0n) is 9.82. The molecular formula is C12H14BrClF3N. The van der Waals surface area contributed by atoms with E-state index in [9.17, 15) is 13.2 Å². The van der Waals surface area contributed by atoms with Crippen molar-refractivity contribution in [3.63, 3.8) is 0 Å². The smallest absolute Gasteiger partial charge is 0.313 e. The lowest BCUT2D eigenvalue weighted by molar-refractivity contribution is -0.135. The molecule has 0 aliphatic heterocycles. The van der Waals surface area contributed by atoms with E-state index in [0.717, 1.165) is 10.0 Å². The second-order valence-corrected chi connectivity index (χ2v) is 5.28. The molecule has 0 bridgehead atoms. The number of hydrogen-bond acceptors (Lipinski definition) is 1. The van der Waals surface area contributed by atoms with Gasteiger partial charge in [0.15, 0.2) is 0 Å². The molecule has 1 unspecified atom stereocenters. The van der Waals surface area contributed by atoms with Crippen LogP contribution in [0.3, 0.4) is 0 Å². The summed E-state index contributed by atoms with van der Waals surface area (Å²) >= 11 is 9.18. The second kappa shape index (κ2) is 6.78. The summed E-state index contributed by atoms with van der Waals surface area (Å²) in [5.41, 5.74) is 0.927. The minimum Gasteiger partial charge on any atom is -0.313 e. The molecule has 1 aromatic rings. The monoisotopic (exact) mass is 343 g/mol. The van der Waals surface area contributed by atoms with Crippen molar-refractivity contribution in [2.24, 2.45) is 0 Å². The quantitative estimate of drug-likeness (QED) is 0.784. The first-order valence-corrected chi connectivity index (χ1v) is 6.69. The highest BCUT2D eigenvalue weighted by molar-refractivity contribution is 9.10. The summed E-state index contributed by atoms with van der Waals surface area (Å²) in [5, 5.41) is 3.61. The highest BCUT2D eigenvalue weighted by atomic mass is 79.9. The molecule has 0 fully saturated rings. The summed E-state index contributed by atoms with van der Waals surface area (Å²) in [5.74, 6) is 0. The third kappa shape index (κ3) is 5.16. The van der Waals surface area contributed by atoms with E-state index in [1.165, 1.54) is 0 Å². The number of rotatable bonds is 5. The van der Waals surface area contributed by atoms with E-state index in [0.29, 0.717) is 11.4 Å². The average Bonchev–Trinajstić information content (AvgIpc) is 2.27. The fourth-order valence-electron chi connectivity index (χ4n) is 1.71. The number of nitrogens with one attached hydrogen (secondary N) is 1. The Bertz CT molecular complexity index is 395. The predicted molar refractivity (Wildman–Crippen MR) is 70.9 cm³/mol. The van der Waals surface area contributed by atoms with Crippen LogP contribution in [-0.4, -0.2) is 13.2 Å². The minimum absolute atomic E-state index is 0.0964. The maximum absolute atomic E-state index is 12.1. The number of halogens is 5. The maximum Gasteiger partial charge on any atom is 0.389 e. The number of hydrogen-bond donors (Lipinski definition) is 1. The van der Waals surface area contributed by atoms with Crippen molar-refractivity contribution in [2.75, 3.05) is 7.05 Å². The largest absolute Gasteiger partial charge is 0.389 e. The van der Waals surface area contributed by atoms with Crippen LogP contribution in [-0.2, 0) is 0 Å². The lowest BCUT2D eigenvalue weighted by atomic mass is 10.0. The van der Waals surface area contributed by atoms with Crippen LogP contribution in [0.5, 0.6) is 0 Å². The first kappa shape index (κ1) is 15.8. The van der Waals surface area contributed by atoms with Crippen LogP contribution in [0, 0.1) is 0 Å². The topological polar surface area (TPSA) is 12.0 Å². The molecule has 1 nitrogen and oxygen atoms in total. The predicted octanol–water partition coefficient (Wildman–Crippen LogP) is 5.10. The molecule has 0 saturated heterocycles. The lowest BCUT2D eigenvalue weighted by Crippen LogP contribution is -2.17. The van der Waals surface area contributed by atoms with Gasteiger partial charge in [0.2, 0.25) is 0 Å². The zero-order valence-corrected chi connectivity index (χ0v) is 12.2. The molecule has 1 atom stereocenters. The SMILES string of the molecule is CNC(CCCC(F)(F)F)c1ccc(Cl)c(Br)c1. The van der Waals surface area contributed by atoms with Gasteiger partial charge in [0.25, 0.3) is 0 Å². The molecule has 1 aromatic carbocycles. The van der Waals surface area contributed by atoms with Crippen LogP contribution < -0.4 is 5.32 Å². The van der Waals surface area contributed by atoms with Gasteiger partial charge in [-0.3, -0.25) is 0 Å². The summed E-state index contributed by atoms with van der Waals surface area (Å²) in [6.45, 7) is 0. The van der Waals surface area contributed by atoms with Crippen molar-refractivity contribution in [3.05, 3.63) is 33.3 Å². The molecule has 1 rings (SSSR count). The molecule has 0 aliphatic carbocycles. The highest BCUT2D eigenvalue weighted by Crippen LogP contribution is 2.29. The zero-order chi connectivity index (χ0) is 13.8. The minimum atomic E-state index is -4.08. The highest BCUT2D eigenvalue weighted by Gasteiger charge is 2.26. The van der Waals surface area contributed by atoms with Crippen molar-refractivity contribution in [2.45, 2.75) is 31.5 Å². The molecule has 0 saturated carbocycles. The molecule has 0 aromatic heterocycles. The van der Waals surface area contributed by atoms with Crippen molar-refractivity contribution >= 4 is 27.5 Å². The molecule has 6 heteroatoms. The van der Waals surface area contributed by atoms with Crippen molar-refractivity contribution in [1.29, 1.82) is 0 Å². The van der Waals surface area contributed by atoms with E-state index in [1.54, 1.807) is 13.1 Å². The Balaban J connectivity index is 2.63. The van der Waals surface area contributed by atoms with Gasteiger partial charge in [0.05, 0.1) is 5.02 Å². The average molecular weight is 345 g/mol. The summed E-state index contributed by atoms with van der Waals surface area (Å²) < 4.78 is 37.0. The van der Waals surface area contributed by atoms with E-state index in [4.69, 9.17) is 11.6 Å². The standard InChI is InChI=1S/C12H14BrClF3N/c1-18-11(3-2-6-12(15,16)17)8-4-5-10(14)9(13)7-8/h4-5,7,11,18H,2-3,6H2,1H3. The Kier molecular flexibility index (Phi) is 5.95. The molecule has 1 N–H and O–H groups in total. The Hall–Kier alpha value is -0.260. The first-order chi connectivity index (χ1) is 8.33. The van der Waals surface area contributed by atoms with Crippen molar-refractivity contribution in [1.82, 2.24) is 5.32 Å². The van der Waals surface area contributed by atoms with E-state index >= 15 is 0 Å². The van der Waals surface area contributed by atoms with Crippen LogP contribution in [0.15, 0.2) is 22.7 Å². The Morgan fingerprint density at radius 3 is 2.56 bits per heavy atom. The first-order valence-electron chi connectivity index (χ1n) is 5.52. The van der Waals surface area contributed by atoms with Crippen LogP contribution in [0.2, 0.25) is 5.02 Å². The van der Waals surface area contributed by atoms with Crippen LogP contribution in [0.25, 0.3) is 0 Å². The van der Waals surface area contributed by atoms with E-state index in [1.807, 2.05) is 12.1 Å². The van der Waals surface area contributed by atoms with Gasteiger partial charge in [0.1, 0.15) is 0 Å². The van der Waals surface area contributed by atoms with Gasteiger partial charge in [-0.05, 0) is 53.5 Å². The summed E-state index contributed by atoms with van der Waals surface area (Å²) in [7, 11) is 1.74.